The topological polar surface area (TPSA) is 24.9 Å². The van der Waals surface area contributed by atoms with Crippen LogP contribution in [-0.4, -0.2) is 57.4 Å². The lowest BCUT2D eigenvalue weighted by molar-refractivity contribution is 0.0579. The van der Waals surface area contributed by atoms with Gasteiger partial charge in [0, 0.05) is 44.5 Å². The third-order valence-electron chi connectivity index (χ3n) is 3.65. The van der Waals surface area contributed by atoms with Gasteiger partial charge in [0.25, 0.3) is 0 Å². The summed E-state index contributed by atoms with van der Waals surface area (Å²) in [5.41, 5.74) is 1.25. The molecule has 0 saturated carbocycles. The minimum atomic E-state index is 0.327. The van der Waals surface area contributed by atoms with Crippen LogP contribution >= 0.6 is 0 Å². The van der Waals surface area contributed by atoms with Crippen LogP contribution in [0.1, 0.15) is 13.8 Å². The Hall–Kier alpha value is -1.26. The third kappa shape index (κ3) is 4.39. The zero-order valence-corrected chi connectivity index (χ0v) is 12.8. The van der Waals surface area contributed by atoms with Crippen molar-refractivity contribution in [3.63, 3.8) is 0 Å². The van der Waals surface area contributed by atoms with Crippen LogP contribution in [0.25, 0.3) is 0 Å². The first kappa shape index (κ1) is 15.1. The quantitative estimate of drug-likeness (QED) is 0.797. The van der Waals surface area contributed by atoms with Gasteiger partial charge in [0.2, 0.25) is 0 Å². The van der Waals surface area contributed by atoms with E-state index in [-0.39, 0.29) is 0 Å². The van der Waals surface area contributed by atoms with Crippen LogP contribution in [0.4, 0.5) is 5.69 Å². The minimum Gasteiger partial charge on any atom is -0.497 e. The molecule has 112 valence electrons. The lowest BCUT2D eigenvalue weighted by atomic mass is 10.2. The number of ether oxygens (including phenoxy) is 2. The molecule has 0 atom stereocenters. The van der Waals surface area contributed by atoms with Crippen LogP contribution < -0.4 is 9.64 Å². The molecule has 4 nitrogen and oxygen atoms in total. The van der Waals surface area contributed by atoms with Gasteiger partial charge in [-0.15, -0.1) is 0 Å². The summed E-state index contributed by atoms with van der Waals surface area (Å²) >= 11 is 0. The molecule has 1 saturated heterocycles. The Morgan fingerprint density at radius 1 is 1.15 bits per heavy atom. The molecule has 4 heteroatoms. The van der Waals surface area contributed by atoms with E-state index in [4.69, 9.17) is 9.47 Å². The largest absolute Gasteiger partial charge is 0.497 e. The van der Waals surface area contributed by atoms with Crippen molar-refractivity contribution < 1.29 is 9.47 Å². The maximum atomic E-state index is 5.61. The van der Waals surface area contributed by atoms with Crippen molar-refractivity contribution in [1.82, 2.24) is 4.90 Å². The molecule has 0 unspecified atom stereocenters. The van der Waals surface area contributed by atoms with Crippen LogP contribution in [0, 0.1) is 0 Å². The summed E-state index contributed by atoms with van der Waals surface area (Å²) in [7, 11) is 1.71. The van der Waals surface area contributed by atoms with Gasteiger partial charge in [-0.1, -0.05) is 6.07 Å². The number of hydrogen-bond donors (Lipinski definition) is 0. The third-order valence-corrected chi connectivity index (χ3v) is 3.65. The fourth-order valence-corrected chi connectivity index (χ4v) is 2.45. The zero-order valence-electron chi connectivity index (χ0n) is 12.8. The normalized spacial score (nSPS) is 16.7. The fourth-order valence-electron chi connectivity index (χ4n) is 2.45. The predicted octanol–water partition coefficient (Wildman–Crippen LogP) is 2.24. The van der Waals surface area contributed by atoms with E-state index < -0.39 is 0 Å². The van der Waals surface area contributed by atoms with Gasteiger partial charge >= 0.3 is 0 Å². The number of benzene rings is 1. The molecule has 0 spiro atoms. The van der Waals surface area contributed by atoms with E-state index >= 15 is 0 Å². The van der Waals surface area contributed by atoms with Crippen LogP contribution in [0.3, 0.4) is 0 Å². The van der Waals surface area contributed by atoms with Gasteiger partial charge in [-0.2, -0.15) is 0 Å². The molecule has 1 heterocycles. The van der Waals surface area contributed by atoms with Gasteiger partial charge in [-0.05, 0) is 26.0 Å². The van der Waals surface area contributed by atoms with Gasteiger partial charge in [0.15, 0.2) is 0 Å². The second-order valence-electron chi connectivity index (χ2n) is 5.45. The fraction of sp³-hybridized carbons (Fsp3) is 0.625. The monoisotopic (exact) mass is 278 g/mol. The highest BCUT2D eigenvalue weighted by Gasteiger charge is 2.17. The molecule has 1 aromatic carbocycles. The van der Waals surface area contributed by atoms with Crippen molar-refractivity contribution in [1.29, 1.82) is 0 Å². The molecule has 0 aromatic heterocycles. The molecule has 1 aliphatic heterocycles. The molecular formula is C16H26N2O2. The van der Waals surface area contributed by atoms with E-state index in [1.54, 1.807) is 7.11 Å². The Morgan fingerprint density at radius 3 is 2.55 bits per heavy atom. The van der Waals surface area contributed by atoms with Crippen molar-refractivity contribution in [2.45, 2.75) is 20.0 Å². The molecule has 0 bridgehead atoms. The molecular weight excluding hydrogens is 252 g/mol. The Balaban J connectivity index is 1.78. The SMILES string of the molecule is COc1cccc(N2CCN(CCOC(C)C)CC2)c1. The summed E-state index contributed by atoms with van der Waals surface area (Å²) in [6.07, 6.45) is 0.327. The summed E-state index contributed by atoms with van der Waals surface area (Å²) in [4.78, 5) is 4.89. The molecule has 1 aliphatic rings. The van der Waals surface area contributed by atoms with Crippen molar-refractivity contribution in [2.75, 3.05) is 51.3 Å². The summed E-state index contributed by atoms with van der Waals surface area (Å²) in [6, 6.07) is 8.30. The lowest BCUT2D eigenvalue weighted by Gasteiger charge is -2.36. The van der Waals surface area contributed by atoms with Gasteiger partial charge in [-0.3, -0.25) is 4.90 Å². The first-order valence-electron chi connectivity index (χ1n) is 7.42. The molecule has 1 aromatic rings. The van der Waals surface area contributed by atoms with Crippen LogP contribution in [0.5, 0.6) is 5.75 Å². The van der Waals surface area contributed by atoms with Crippen molar-refractivity contribution >= 4 is 5.69 Å². The van der Waals surface area contributed by atoms with Crippen molar-refractivity contribution in [3.8, 4) is 5.75 Å². The van der Waals surface area contributed by atoms with Gasteiger partial charge in [-0.25, -0.2) is 0 Å². The average molecular weight is 278 g/mol. The van der Waals surface area contributed by atoms with E-state index in [0.29, 0.717) is 6.10 Å². The van der Waals surface area contributed by atoms with Crippen LogP contribution in [0.2, 0.25) is 0 Å². The van der Waals surface area contributed by atoms with E-state index in [0.717, 1.165) is 45.1 Å². The van der Waals surface area contributed by atoms with E-state index in [2.05, 4.69) is 41.8 Å². The smallest absolute Gasteiger partial charge is 0.120 e. The van der Waals surface area contributed by atoms with Crippen molar-refractivity contribution in [3.05, 3.63) is 24.3 Å². The number of hydrogen-bond acceptors (Lipinski definition) is 4. The zero-order chi connectivity index (χ0) is 14.4. The number of piperazine rings is 1. The summed E-state index contributed by atoms with van der Waals surface area (Å²) in [6.45, 7) is 10.4. The molecule has 2 rings (SSSR count). The van der Waals surface area contributed by atoms with Crippen LogP contribution in [-0.2, 0) is 4.74 Å². The standard InChI is InChI=1S/C16H26N2O2/c1-14(2)20-12-11-17-7-9-18(10-8-17)15-5-4-6-16(13-15)19-3/h4-6,13-14H,7-12H2,1-3H3. The molecule has 0 aliphatic carbocycles. The number of anilines is 1. The first-order chi connectivity index (χ1) is 9.69. The average Bonchev–Trinajstić information content (AvgIpc) is 2.48. The van der Waals surface area contributed by atoms with Crippen LogP contribution in [0.15, 0.2) is 24.3 Å². The highest BCUT2D eigenvalue weighted by molar-refractivity contribution is 5.51. The van der Waals surface area contributed by atoms with E-state index in [1.165, 1.54) is 5.69 Å². The summed E-state index contributed by atoms with van der Waals surface area (Å²) in [5.74, 6) is 0.926. The first-order valence-corrected chi connectivity index (χ1v) is 7.42. The molecule has 1 fully saturated rings. The Bertz CT molecular complexity index is 401. The maximum absolute atomic E-state index is 5.61. The Labute approximate surface area is 122 Å². The van der Waals surface area contributed by atoms with Gasteiger partial charge in [0.05, 0.1) is 19.8 Å². The lowest BCUT2D eigenvalue weighted by Crippen LogP contribution is -2.47. The maximum Gasteiger partial charge on any atom is 0.120 e. The Kier molecular flexibility index (Phi) is 5.68. The van der Waals surface area contributed by atoms with E-state index in [9.17, 15) is 0 Å². The number of nitrogens with zero attached hydrogens (tertiary/aromatic N) is 2. The van der Waals surface area contributed by atoms with Crippen molar-refractivity contribution in [2.24, 2.45) is 0 Å². The Morgan fingerprint density at radius 2 is 1.90 bits per heavy atom. The highest BCUT2D eigenvalue weighted by Crippen LogP contribution is 2.21. The minimum absolute atomic E-state index is 0.327. The predicted molar refractivity (Wildman–Crippen MR) is 82.7 cm³/mol. The van der Waals surface area contributed by atoms with Gasteiger partial charge in [0.1, 0.15) is 5.75 Å². The van der Waals surface area contributed by atoms with E-state index in [1.807, 2.05) is 6.07 Å². The second kappa shape index (κ2) is 7.50. The molecule has 0 amide bonds. The summed E-state index contributed by atoms with van der Waals surface area (Å²) in [5, 5.41) is 0. The number of rotatable bonds is 6. The molecule has 0 radical (unpaired) electrons. The molecule has 20 heavy (non-hydrogen) atoms. The molecule has 0 N–H and O–H groups in total. The van der Waals surface area contributed by atoms with Gasteiger partial charge < -0.3 is 14.4 Å². The summed E-state index contributed by atoms with van der Waals surface area (Å²) < 4.78 is 10.9. The highest BCUT2D eigenvalue weighted by atomic mass is 16.5. The second-order valence-corrected chi connectivity index (χ2v) is 5.45. The number of methoxy groups -OCH3 is 1.